The van der Waals surface area contributed by atoms with Crippen molar-refractivity contribution < 1.29 is 10.2 Å². The van der Waals surface area contributed by atoms with Crippen molar-refractivity contribution >= 4 is 36.9 Å². The molecule has 2 N–H and O–H groups in total. The molecule has 0 bridgehead atoms. The summed E-state index contributed by atoms with van der Waals surface area (Å²) in [6.07, 6.45) is 7.79. The number of benzene rings is 3. The molecule has 0 fully saturated rings. The van der Waals surface area contributed by atoms with Crippen LogP contribution >= 0.6 is 12.6 Å². The smallest absolute Gasteiger partial charge is 0.123 e. The summed E-state index contributed by atoms with van der Waals surface area (Å²) in [5, 5.41) is 19.3. The van der Waals surface area contributed by atoms with Crippen LogP contribution in [0.2, 0.25) is 0 Å². The average Bonchev–Trinajstić information content (AvgIpc) is 2.63. The van der Waals surface area contributed by atoms with E-state index in [0.717, 1.165) is 21.6 Å². The summed E-state index contributed by atoms with van der Waals surface area (Å²) >= 11 is 4.28. The van der Waals surface area contributed by atoms with Gasteiger partial charge in [-0.15, -0.1) is 12.6 Å². The van der Waals surface area contributed by atoms with Crippen LogP contribution in [0.3, 0.4) is 0 Å². The summed E-state index contributed by atoms with van der Waals surface area (Å²) < 4.78 is 0. The monoisotopic (exact) mass is 346 g/mol. The van der Waals surface area contributed by atoms with Crippen LogP contribution in [0.15, 0.2) is 71.6 Å². The van der Waals surface area contributed by atoms with Crippen molar-refractivity contribution in [2.24, 2.45) is 0 Å². The van der Waals surface area contributed by atoms with Gasteiger partial charge >= 0.3 is 0 Å². The fourth-order valence-corrected chi connectivity index (χ4v) is 2.51. The summed E-state index contributed by atoms with van der Waals surface area (Å²) in [6.45, 7) is 0. The lowest BCUT2D eigenvalue weighted by molar-refractivity contribution is 0.459. The molecular weight excluding hydrogens is 328 g/mol. The number of hydrogen-bond donors (Lipinski definition) is 3. The third kappa shape index (κ3) is 4.78. The molecule has 0 atom stereocenters. The van der Waals surface area contributed by atoms with Crippen molar-refractivity contribution in [3.63, 3.8) is 0 Å². The Morgan fingerprint density at radius 3 is 1.64 bits per heavy atom. The number of phenolic OH excluding ortho intramolecular Hbond substituents is 2. The van der Waals surface area contributed by atoms with E-state index in [4.69, 9.17) is 0 Å². The minimum absolute atomic E-state index is 0.129. The first-order valence-corrected chi connectivity index (χ1v) is 8.32. The fourth-order valence-electron chi connectivity index (χ4n) is 2.36. The maximum absolute atomic E-state index is 9.78. The molecule has 0 aliphatic rings. The predicted octanol–water partition coefficient (Wildman–Crippen LogP) is 5.73. The van der Waals surface area contributed by atoms with Crippen molar-refractivity contribution in [1.82, 2.24) is 0 Å². The highest BCUT2D eigenvalue weighted by atomic mass is 32.1. The summed E-state index contributed by atoms with van der Waals surface area (Å²) in [5.41, 5.74) is 3.82. The van der Waals surface area contributed by atoms with E-state index < -0.39 is 0 Å². The van der Waals surface area contributed by atoms with Crippen LogP contribution in [0.5, 0.6) is 11.5 Å². The molecule has 3 aromatic rings. The number of rotatable bonds is 4. The van der Waals surface area contributed by atoms with Crippen molar-refractivity contribution in [2.45, 2.75) is 4.90 Å². The Hall–Kier alpha value is -2.91. The lowest BCUT2D eigenvalue weighted by atomic mass is 10.1. The van der Waals surface area contributed by atoms with Gasteiger partial charge in [-0.25, -0.2) is 0 Å². The Morgan fingerprint density at radius 2 is 1.08 bits per heavy atom. The number of aromatic hydroxyl groups is 2. The molecule has 0 aliphatic heterocycles. The molecule has 0 heterocycles. The van der Waals surface area contributed by atoms with Gasteiger partial charge in [0.25, 0.3) is 0 Å². The van der Waals surface area contributed by atoms with E-state index in [9.17, 15) is 10.2 Å². The number of thiol groups is 1. The van der Waals surface area contributed by atoms with Gasteiger partial charge in [0.1, 0.15) is 11.5 Å². The Kier molecular flexibility index (Phi) is 5.26. The summed E-state index contributed by atoms with van der Waals surface area (Å²) in [7, 11) is 0. The van der Waals surface area contributed by atoms with Crippen LogP contribution in [-0.2, 0) is 0 Å². The molecule has 2 nitrogen and oxygen atoms in total. The normalized spacial score (nSPS) is 11.4. The average molecular weight is 346 g/mol. The Balaban J connectivity index is 1.70. The van der Waals surface area contributed by atoms with Gasteiger partial charge in [0.05, 0.1) is 0 Å². The van der Waals surface area contributed by atoms with Crippen LogP contribution in [0.1, 0.15) is 22.3 Å². The maximum atomic E-state index is 9.78. The first-order valence-electron chi connectivity index (χ1n) is 7.87. The second kappa shape index (κ2) is 7.77. The summed E-state index contributed by atoms with van der Waals surface area (Å²) in [6, 6.07) is 20.5. The molecule has 124 valence electrons. The minimum Gasteiger partial charge on any atom is -0.508 e. The van der Waals surface area contributed by atoms with Gasteiger partial charge in [0.15, 0.2) is 0 Å². The largest absolute Gasteiger partial charge is 0.508 e. The van der Waals surface area contributed by atoms with Crippen LogP contribution in [-0.4, -0.2) is 10.2 Å². The molecule has 0 aromatic heterocycles. The molecule has 0 spiro atoms. The molecule has 0 aliphatic carbocycles. The van der Waals surface area contributed by atoms with Crippen molar-refractivity contribution in [2.75, 3.05) is 0 Å². The zero-order chi connectivity index (χ0) is 17.6. The summed E-state index contributed by atoms with van der Waals surface area (Å²) in [4.78, 5) is 0.950. The van der Waals surface area contributed by atoms with Gasteiger partial charge in [0, 0.05) is 10.5 Å². The maximum Gasteiger partial charge on any atom is 0.123 e. The van der Waals surface area contributed by atoms with Crippen LogP contribution < -0.4 is 0 Å². The van der Waals surface area contributed by atoms with E-state index in [1.54, 1.807) is 6.08 Å². The van der Waals surface area contributed by atoms with Gasteiger partial charge in [-0.2, -0.15) is 0 Å². The van der Waals surface area contributed by atoms with E-state index in [1.807, 2.05) is 54.6 Å². The Bertz CT molecular complexity index is 908. The Morgan fingerprint density at radius 1 is 0.600 bits per heavy atom. The first kappa shape index (κ1) is 16.9. The van der Waals surface area contributed by atoms with Crippen molar-refractivity contribution in [1.29, 1.82) is 0 Å². The number of phenols is 2. The molecule has 25 heavy (non-hydrogen) atoms. The third-order valence-electron chi connectivity index (χ3n) is 3.76. The van der Waals surface area contributed by atoms with Gasteiger partial charge in [0.2, 0.25) is 0 Å². The van der Waals surface area contributed by atoms with E-state index in [1.165, 1.54) is 18.2 Å². The van der Waals surface area contributed by atoms with Gasteiger partial charge in [-0.05, 0) is 47.0 Å². The van der Waals surface area contributed by atoms with Gasteiger partial charge < -0.3 is 10.2 Å². The van der Waals surface area contributed by atoms with E-state index in [0.29, 0.717) is 5.56 Å². The number of hydrogen-bond acceptors (Lipinski definition) is 3. The molecule has 0 amide bonds. The second-order valence-electron chi connectivity index (χ2n) is 5.67. The zero-order valence-corrected chi connectivity index (χ0v) is 14.4. The van der Waals surface area contributed by atoms with E-state index in [-0.39, 0.29) is 11.5 Å². The lowest BCUT2D eigenvalue weighted by Gasteiger charge is -2.00. The molecule has 0 saturated heterocycles. The van der Waals surface area contributed by atoms with E-state index >= 15 is 0 Å². The van der Waals surface area contributed by atoms with E-state index in [2.05, 4.69) is 24.8 Å². The fraction of sp³-hybridized carbons (Fsp3) is 0. The SMILES string of the molecule is Oc1ccc(O)c(/C=C/c2ccc(/C=C/c3ccc(S)cc3)cc2)c1. The molecule has 3 aromatic carbocycles. The molecule has 0 saturated carbocycles. The van der Waals surface area contributed by atoms with Crippen LogP contribution in [0.25, 0.3) is 24.3 Å². The third-order valence-corrected chi connectivity index (χ3v) is 4.06. The van der Waals surface area contributed by atoms with Crippen LogP contribution in [0, 0.1) is 0 Å². The van der Waals surface area contributed by atoms with Crippen molar-refractivity contribution in [3.05, 3.63) is 89.0 Å². The molecular formula is C22H18O2S. The second-order valence-corrected chi connectivity index (χ2v) is 6.18. The van der Waals surface area contributed by atoms with Crippen molar-refractivity contribution in [3.8, 4) is 11.5 Å². The van der Waals surface area contributed by atoms with Crippen LogP contribution in [0.4, 0.5) is 0 Å². The molecule has 0 unspecified atom stereocenters. The Labute approximate surface area is 152 Å². The molecule has 3 rings (SSSR count). The quantitative estimate of drug-likeness (QED) is 0.321. The minimum atomic E-state index is 0.129. The predicted molar refractivity (Wildman–Crippen MR) is 108 cm³/mol. The van der Waals surface area contributed by atoms with Gasteiger partial charge in [-0.3, -0.25) is 0 Å². The zero-order valence-electron chi connectivity index (χ0n) is 13.5. The lowest BCUT2D eigenvalue weighted by Crippen LogP contribution is -1.77. The highest BCUT2D eigenvalue weighted by Gasteiger charge is 1.98. The first-order chi connectivity index (χ1) is 12.1. The topological polar surface area (TPSA) is 40.5 Å². The van der Waals surface area contributed by atoms with Gasteiger partial charge in [-0.1, -0.05) is 60.7 Å². The molecule has 3 heteroatoms. The highest BCUT2D eigenvalue weighted by molar-refractivity contribution is 7.80. The highest BCUT2D eigenvalue weighted by Crippen LogP contribution is 2.24. The summed E-state index contributed by atoms with van der Waals surface area (Å²) in [5.74, 6) is 0.268. The standard InChI is InChI=1S/C22H18O2S/c23-20-11-14-22(24)19(15-20)10-7-17-4-1-16(2-5-17)3-6-18-8-12-21(25)13-9-18/h1-15,23-25H/b6-3+,10-7+. The molecule has 0 radical (unpaired) electrons.